The second-order valence-corrected chi connectivity index (χ2v) is 8.67. The van der Waals surface area contributed by atoms with Crippen molar-refractivity contribution in [1.29, 1.82) is 0 Å². The molecule has 1 fully saturated rings. The van der Waals surface area contributed by atoms with Crippen molar-refractivity contribution in [1.82, 2.24) is 9.91 Å². The van der Waals surface area contributed by atoms with Crippen LogP contribution >= 0.6 is 0 Å². The van der Waals surface area contributed by atoms with Gasteiger partial charge in [0.15, 0.2) is 0 Å². The fraction of sp³-hybridized carbons (Fsp3) is 0.423. The molecule has 0 unspecified atom stereocenters. The monoisotopic (exact) mass is 449 g/mol. The third kappa shape index (κ3) is 5.42. The van der Waals surface area contributed by atoms with Crippen LogP contribution in [0.1, 0.15) is 42.0 Å². The number of carbonyl (C=O) groups excluding carboxylic acids is 2. The van der Waals surface area contributed by atoms with Gasteiger partial charge in [-0.15, -0.1) is 0 Å². The van der Waals surface area contributed by atoms with Crippen LogP contribution in [0.25, 0.3) is 0 Å². The molecule has 0 spiro atoms. The topological polar surface area (TPSA) is 71.4 Å². The fourth-order valence-corrected chi connectivity index (χ4v) is 4.06. The van der Waals surface area contributed by atoms with Crippen molar-refractivity contribution >= 4 is 17.5 Å². The number of hydrazone groups is 1. The minimum absolute atomic E-state index is 0.00402. The summed E-state index contributed by atoms with van der Waals surface area (Å²) in [6, 6.07) is 15.7. The molecule has 1 heterocycles. The lowest BCUT2D eigenvalue weighted by Crippen LogP contribution is -2.43. The van der Waals surface area contributed by atoms with Crippen LogP contribution in [0.5, 0.6) is 5.75 Å². The Labute approximate surface area is 195 Å². The van der Waals surface area contributed by atoms with E-state index >= 15 is 0 Å². The number of aryl methyl sites for hydroxylation is 1. The van der Waals surface area contributed by atoms with Crippen LogP contribution in [-0.4, -0.2) is 61.4 Å². The second kappa shape index (κ2) is 10.2. The van der Waals surface area contributed by atoms with Crippen molar-refractivity contribution in [2.24, 2.45) is 11.0 Å². The smallest absolute Gasteiger partial charge is 0.262 e. The number of rotatable bonds is 9. The number of ether oxygens (including phenoxy) is 2. The van der Waals surface area contributed by atoms with Crippen molar-refractivity contribution in [2.75, 3.05) is 33.9 Å². The highest BCUT2D eigenvalue weighted by atomic mass is 16.5. The van der Waals surface area contributed by atoms with Gasteiger partial charge in [-0.3, -0.25) is 9.59 Å². The molecule has 7 nitrogen and oxygen atoms in total. The normalized spacial score (nSPS) is 17.6. The molecule has 1 aliphatic heterocycles. The van der Waals surface area contributed by atoms with Gasteiger partial charge in [-0.25, -0.2) is 5.01 Å². The minimum atomic E-state index is -0.223. The number of hydrogen-bond acceptors (Lipinski definition) is 5. The Balaban J connectivity index is 1.61. The van der Waals surface area contributed by atoms with E-state index < -0.39 is 0 Å². The SMILES string of the molecule is COCCN(CC(=O)N1N=C(c2cccc(OC)c2)C[C@@H]1c1ccc(C)cc1)C(=O)C1CC1. The molecule has 0 radical (unpaired) electrons. The van der Waals surface area contributed by atoms with E-state index in [4.69, 9.17) is 14.6 Å². The van der Waals surface area contributed by atoms with Crippen molar-refractivity contribution in [3.05, 3.63) is 65.2 Å². The molecule has 2 aromatic carbocycles. The summed E-state index contributed by atoms with van der Waals surface area (Å²) in [5.41, 5.74) is 3.92. The third-order valence-corrected chi connectivity index (χ3v) is 6.16. The zero-order chi connectivity index (χ0) is 23.4. The number of hydrogen-bond donors (Lipinski definition) is 0. The zero-order valence-corrected chi connectivity index (χ0v) is 19.5. The number of benzene rings is 2. The van der Waals surface area contributed by atoms with E-state index in [0.29, 0.717) is 19.6 Å². The molecular formula is C26H31N3O4. The summed E-state index contributed by atoms with van der Waals surface area (Å²) in [5.74, 6) is 0.622. The molecular weight excluding hydrogens is 418 g/mol. The molecule has 1 saturated carbocycles. The summed E-state index contributed by atoms with van der Waals surface area (Å²) >= 11 is 0. The van der Waals surface area contributed by atoms with Gasteiger partial charge in [0.25, 0.3) is 5.91 Å². The van der Waals surface area contributed by atoms with Crippen LogP contribution in [0.2, 0.25) is 0 Å². The van der Waals surface area contributed by atoms with Crippen LogP contribution in [0.4, 0.5) is 0 Å². The Morgan fingerprint density at radius 3 is 2.55 bits per heavy atom. The van der Waals surface area contributed by atoms with E-state index in [-0.39, 0.29) is 30.3 Å². The quantitative estimate of drug-likeness (QED) is 0.587. The summed E-state index contributed by atoms with van der Waals surface area (Å²) in [6.45, 7) is 2.82. The second-order valence-electron chi connectivity index (χ2n) is 8.67. The van der Waals surface area contributed by atoms with E-state index in [1.54, 1.807) is 24.1 Å². The Hall–Kier alpha value is -3.19. The van der Waals surface area contributed by atoms with E-state index in [9.17, 15) is 9.59 Å². The Bertz CT molecular complexity index is 1030. The lowest BCUT2D eigenvalue weighted by Gasteiger charge is -2.27. The summed E-state index contributed by atoms with van der Waals surface area (Å²) in [4.78, 5) is 27.9. The maximum absolute atomic E-state index is 13.5. The molecule has 0 N–H and O–H groups in total. The van der Waals surface area contributed by atoms with Crippen molar-refractivity contribution in [3.8, 4) is 5.75 Å². The average Bonchev–Trinajstić information content (AvgIpc) is 3.59. The number of carbonyl (C=O) groups is 2. The Morgan fingerprint density at radius 2 is 1.88 bits per heavy atom. The third-order valence-electron chi connectivity index (χ3n) is 6.16. The van der Waals surface area contributed by atoms with Crippen LogP contribution in [0.3, 0.4) is 0 Å². The van der Waals surface area contributed by atoms with Gasteiger partial charge in [0.1, 0.15) is 12.3 Å². The largest absolute Gasteiger partial charge is 0.497 e. The predicted octanol–water partition coefficient (Wildman–Crippen LogP) is 3.57. The van der Waals surface area contributed by atoms with Crippen LogP contribution < -0.4 is 4.74 Å². The first-order valence-electron chi connectivity index (χ1n) is 11.4. The van der Waals surface area contributed by atoms with Crippen LogP contribution in [0.15, 0.2) is 53.6 Å². The van der Waals surface area contributed by atoms with E-state index in [0.717, 1.165) is 41.0 Å². The first kappa shape index (κ1) is 23.0. The van der Waals surface area contributed by atoms with Gasteiger partial charge in [-0.05, 0) is 37.5 Å². The molecule has 7 heteroatoms. The average molecular weight is 450 g/mol. The first-order valence-corrected chi connectivity index (χ1v) is 11.4. The van der Waals surface area contributed by atoms with Gasteiger partial charge in [-0.2, -0.15) is 5.10 Å². The number of nitrogens with zero attached hydrogens (tertiary/aromatic N) is 3. The zero-order valence-electron chi connectivity index (χ0n) is 19.5. The lowest BCUT2D eigenvalue weighted by atomic mass is 9.97. The molecule has 1 aliphatic carbocycles. The maximum Gasteiger partial charge on any atom is 0.262 e. The molecule has 33 heavy (non-hydrogen) atoms. The molecule has 2 amide bonds. The first-order chi connectivity index (χ1) is 16.0. The summed E-state index contributed by atoms with van der Waals surface area (Å²) in [7, 11) is 3.23. The summed E-state index contributed by atoms with van der Waals surface area (Å²) in [6.07, 6.45) is 2.38. The molecule has 4 rings (SSSR count). The van der Waals surface area contributed by atoms with E-state index in [1.165, 1.54) is 0 Å². The highest BCUT2D eigenvalue weighted by Crippen LogP contribution is 2.34. The molecule has 2 aromatic rings. The Morgan fingerprint density at radius 1 is 1.12 bits per heavy atom. The lowest BCUT2D eigenvalue weighted by molar-refractivity contribution is -0.142. The van der Waals surface area contributed by atoms with Gasteiger partial charge in [0, 0.05) is 31.6 Å². The highest BCUT2D eigenvalue weighted by Gasteiger charge is 2.37. The van der Waals surface area contributed by atoms with Crippen molar-refractivity contribution in [2.45, 2.75) is 32.2 Å². The van der Waals surface area contributed by atoms with Gasteiger partial charge < -0.3 is 14.4 Å². The molecule has 174 valence electrons. The molecule has 2 aliphatic rings. The van der Waals surface area contributed by atoms with E-state index in [1.807, 2.05) is 55.5 Å². The van der Waals surface area contributed by atoms with E-state index in [2.05, 4.69) is 0 Å². The maximum atomic E-state index is 13.5. The molecule has 0 saturated heterocycles. The van der Waals surface area contributed by atoms with Crippen molar-refractivity contribution in [3.63, 3.8) is 0 Å². The van der Waals surface area contributed by atoms with Gasteiger partial charge in [-0.1, -0.05) is 42.0 Å². The molecule has 0 bridgehead atoms. The number of methoxy groups -OCH3 is 2. The predicted molar refractivity (Wildman–Crippen MR) is 126 cm³/mol. The van der Waals surface area contributed by atoms with Crippen LogP contribution in [0, 0.1) is 12.8 Å². The molecule has 0 aromatic heterocycles. The molecule has 1 atom stereocenters. The minimum Gasteiger partial charge on any atom is -0.497 e. The van der Waals surface area contributed by atoms with Gasteiger partial charge >= 0.3 is 0 Å². The Kier molecular flexibility index (Phi) is 7.08. The van der Waals surface area contributed by atoms with Gasteiger partial charge in [0.2, 0.25) is 5.91 Å². The van der Waals surface area contributed by atoms with Crippen LogP contribution in [-0.2, 0) is 14.3 Å². The standard InChI is InChI=1S/C26H31N3O4/c1-18-7-9-19(10-8-18)24-16-23(21-5-4-6-22(15-21)33-3)27-29(24)25(30)17-28(13-14-32-2)26(31)20-11-12-20/h4-10,15,20,24H,11-14,16-17H2,1-3H3/t24-/m1/s1. The fourth-order valence-electron chi connectivity index (χ4n) is 4.06. The van der Waals surface area contributed by atoms with Gasteiger partial charge in [0.05, 0.1) is 25.5 Å². The number of amides is 2. The summed E-state index contributed by atoms with van der Waals surface area (Å²) in [5, 5.41) is 6.30. The highest BCUT2D eigenvalue weighted by molar-refractivity contribution is 6.03. The summed E-state index contributed by atoms with van der Waals surface area (Å²) < 4.78 is 10.5. The van der Waals surface area contributed by atoms with Crippen molar-refractivity contribution < 1.29 is 19.1 Å².